The molecule has 110 valence electrons. The van der Waals surface area contributed by atoms with Crippen LogP contribution in [0.1, 0.15) is 10.4 Å². The van der Waals surface area contributed by atoms with Crippen LogP contribution in [0.4, 0.5) is 5.69 Å². The number of sulfonamides is 1. The summed E-state index contributed by atoms with van der Waals surface area (Å²) in [5, 5.41) is 3.02. The van der Waals surface area contributed by atoms with E-state index in [0.29, 0.717) is 16.4 Å². The summed E-state index contributed by atoms with van der Waals surface area (Å²) in [5.74, 6) is 0. The molecule has 2 aromatic heterocycles. The molecule has 0 aliphatic heterocycles. The number of rotatable bonds is 4. The fourth-order valence-corrected chi connectivity index (χ4v) is 5.35. The number of aryl methyl sites for hydroxylation is 1. The van der Waals surface area contributed by atoms with Gasteiger partial charge in [0, 0.05) is 21.8 Å². The van der Waals surface area contributed by atoms with E-state index in [4.69, 9.17) is 5.73 Å². The molecule has 1 aromatic carbocycles. The maximum absolute atomic E-state index is 12.4. The zero-order valence-electron chi connectivity index (χ0n) is 11.3. The number of hydrogen-bond acceptors (Lipinski definition) is 5. The van der Waals surface area contributed by atoms with Gasteiger partial charge in [-0.1, -0.05) is 0 Å². The minimum atomic E-state index is -3.56. The average molecular weight is 338 g/mol. The van der Waals surface area contributed by atoms with Crippen molar-refractivity contribution in [2.45, 2.75) is 17.7 Å². The highest BCUT2D eigenvalue weighted by atomic mass is 32.2. The highest BCUT2D eigenvalue weighted by Crippen LogP contribution is 2.29. The summed E-state index contributed by atoms with van der Waals surface area (Å²) in [6, 6.07) is 9.18. The van der Waals surface area contributed by atoms with E-state index in [9.17, 15) is 8.42 Å². The Bertz CT molecular complexity index is 894. The SMILES string of the molecule is Cc1cc(S(=O)(=O)Nc2ccc3sccc3c2)sc1CN. The van der Waals surface area contributed by atoms with E-state index < -0.39 is 10.0 Å². The molecule has 3 rings (SSSR count). The Kier molecular flexibility index (Phi) is 3.75. The molecule has 0 bridgehead atoms. The first-order valence-corrected chi connectivity index (χ1v) is 9.47. The van der Waals surface area contributed by atoms with Gasteiger partial charge in [-0.05, 0) is 53.6 Å². The number of fused-ring (bicyclic) bond motifs is 1. The molecule has 3 aromatic rings. The van der Waals surface area contributed by atoms with Crippen molar-refractivity contribution in [3.8, 4) is 0 Å². The van der Waals surface area contributed by atoms with Gasteiger partial charge in [0.15, 0.2) is 0 Å². The minimum Gasteiger partial charge on any atom is -0.326 e. The predicted molar refractivity (Wildman–Crippen MR) is 89.6 cm³/mol. The molecule has 0 spiro atoms. The molecule has 2 heterocycles. The van der Waals surface area contributed by atoms with Gasteiger partial charge in [0.2, 0.25) is 0 Å². The van der Waals surface area contributed by atoms with E-state index in [1.165, 1.54) is 11.3 Å². The van der Waals surface area contributed by atoms with E-state index in [-0.39, 0.29) is 0 Å². The van der Waals surface area contributed by atoms with Crippen molar-refractivity contribution in [3.05, 3.63) is 46.2 Å². The van der Waals surface area contributed by atoms with Crippen LogP contribution in [0, 0.1) is 6.92 Å². The molecule has 3 N–H and O–H groups in total. The second-order valence-electron chi connectivity index (χ2n) is 4.65. The molecule has 0 saturated heterocycles. The Morgan fingerprint density at radius 2 is 2.05 bits per heavy atom. The molecule has 0 atom stereocenters. The molecule has 0 saturated carbocycles. The lowest BCUT2D eigenvalue weighted by Gasteiger charge is -2.06. The molecule has 0 unspecified atom stereocenters. The van der Waals surface area contributed by atoms with E-state index in [1.807, 2.05) is 30.5 Å². The van der Waals surface area contributed by atoms with Crippen LogP contribution in [-0.2, 0) is 16.6 Å². The maximum atomic E-state index is 12.4. The lowest BCUT2D eigenvalue weighted by atomic mass is 10.2. The van der Waals surface area contributed by atoms with Gasteiger partial charge in [-0.15, -0.1) is 22.7 Å². The summed E-state index contributed by atoms with van der Waals surface area (Å²) in [6.45, 7) is 2.22. The lowest BCUT2D eigenvalue weighted by Crippen LogP contribution is -2.11. The van der Waals surface area contributed by atoms with Gasteiger partial charge in [0.1, 0.15) is 4.21 Å². The van der Waals surface area contributed by atoms with Gasteiger partial charge in [-0.2, -0.15) is 0 Å². The normalized spacial score (nSPS) is 11.9. The van der Waals surface area contributed by atoms with Crippen molar-refractivity contribution >= 4 is 48.5 Å². The quantitative estimate of drug-likeness (QED) is 0.764. The fourth-order valence-electron chi connectivity index (χ4n) is 2.06. The van der Waals surface area contributed by atoms with E-state index in [0.717, 1.165) is 20.5 Å². The van der Waals surface area contributed by atoms with Crippen LogP contribution in [0.3, 0.4) is 0 Å². The van der Waals surface area contributed by atoms with Crippen molar-refractivity contribution < 1.29 is 8.42 Å². The molecule has 0 amide bonds. The van der Waals surface area contributed by atoms with Gasteiger partial charge in [0.05, 0.1) is 0 Å². The zero-order chi connectivity index (χ0) is 15.0. The fraction of sp³-hybridized carbons (Fsp3) is 0.143. The van der Waals surface area contributed by atoms with Gasteiger partial charge in [0.25, 0.3) is 10.0 Å². The third-order valence-electron chi connectivity index (χ3n) is 3.15. The van der Waals surface area contributed by atoms with Crippen molar-refractivity contribution in [2.24, 2.45) is 5.73 Å². The molecular weight excluding hydrogens is 324 g/mol. The van der Waals surface area contributed by atoms with Crippen molar-refractivity contribution in [2.75, 3.05) is 4.72 Å². The Labute approximate surface area is 131 Å². The van der Waals surface area contributed by atoms with Gasteiger partial charge in [-0.25, -0.2) is 8.42 Å². The van der Waals surface area contributed by atoms with Crippen molar-refractivity contribution in [3.63, 3.8) is 0 Å². The second kappa shape index (κ2) is 5.42. The summed E-state index contributed by atoms with van der Waals surface area (Å²) >= 11 is 2.85. The monoisotopic (exact) mass is 338 g/mol. The van der Waals surface area contributed by atoms with Crippen LogP contribution < -0.4 is 10.5 Å². The van der Waals surface area contributed by atoms with Crippen molar-refractivity contribution in [1.82, 2.24) is 0 Å². The Morgan fingerprint density at radius 1 is 1.24 bits per heavy atom. The molecule has 21 heavy (non-hydrogen) atoms. The number of anilines is 1. The molecular formula is C14H14N2O2S3. The summed E-state index contributed by atoms with van der Waals surface area (Å²) in [5.41, 5.74) is 7.09. The Morgan fingerprint density at radius 3 is 2.76 bits per heavy atom. The van der Waals surface area contributed by atoms with Crippen LogP contribution in [-0.4, -0.2) is 8.42 Å². The lowest BCUT2D eigenvalue weighted by molar-refractivity contribution is 0.603. The van der Waals surface area contributed by atoms with Crippen LogP contribution in [0.5, 0.6) is 0 Å². The van der Waals surface area contributed by atoms with Gasteiger partial charge >= 0.3 is 0 Å². The Hall–Kier alpha value is -1.41. The standard InChI is InChI=1S/C14H14N2O2S3/c1-9-6-14(20-13(9)8-15)21(17,18)16-11-2-3-12-10(7-11)4-5-19-12/h2-7,16H,8,15H2,1H3. The third kappa shape index (κ3) is 2.82. The molecule has 0 fully saturated rings. The molecule has 0 aliphatic carbocycles. The molecule has 0 aliphatic rings. The number of nitrogens with two attached hydrogens (primary N) is 1. The maximum Gasteiger partial charge on any atom is 0.271 e. The molecule has 0 radical (unpaired) electrons. The third-order valence-corrected chi connectivity index (χ3v) is 7.17. The van der Waals surface area contributed by atoms with Gasteiger partial charge in [-0.3, -0.25) is 4.72 Å². The smallest absolute Gasteiger partial charge is 0.271 e. The summed E-state index contributed by atoms with van der Waals surface area (Å²) in [4.78, 5) is 0.892. The van der Waals surface area contributed by atoms with E-state index in [2.05, 4.69) is 4.72 Å². The first kappa shape index (κ1) is 14.5. The first-order valence-electron chi connectivity index (χ1n) is 6.29. The van der Waals surface area contributed by atoms with Crippen LogP contribution >= 0.6 is 22.7 Å². The average Bonchev–Trinajstić information content (AvgIpc) is 3.04. The molecule has 4 nitrogen and oxygen atoms in total. The van der Waals surface area contributed by atoms with Gasteiger partial charge < -0.3 is 5.73 Å². The minimum absolute atomic E-state index is 0.297. The van der Waals surface area contributed by atoms with Crippen LogP contribution in [0.25, 0.3) is 10.1 Å². The zero-order valence-corrected chi connectivity index (χ0v) is 13.7. The number of benzene rings is 1. The number of nitrogens with one attached hydrogen (secondary N) is 1. The molecule has 7 heteroatoms. The van der Waals surface area contributed by atoms with E-state index in [1.54, 1.807) is 23.5 Å². The van der Waals surface area contributed by atoms with Crippen LogP contribution in [0.2, 0.25) is 0 Å². The van der Waals surface area contributed by atoms with Crippen molar-refractivity contribution in [1.29, 1.82) is 0 Å². The largest absolute Gasteiger partial charge is 0.326 e. The predicted octanol–water partition coefficient (Wildman–Crippen LogP) is 3.53. The first-order chi connectivity index (χ1) is 9.99. The summed E-state index contributed by atoms with van der Waals surface area (Å²) < 4.78 is 28.9. The van der Waals surface area contributed by atoms with E-state index >= 15 is 0 Å². The second-order valence-corrected chi connectivity index (χ2v) is 8.65. The van der Waals surface area contributed by atoms with Crippen LogP contribution in [0.15, 0.2) is 39.9 Å². The number of thiophene rings is 2. The summed E-state index contributed by atoms with van der Waals surface area (Å²) in [7, 11) is -3.56. The number of hydrogen-bond donors (Lipinski definition) is 2. The Balaban J connectivity index is 1.94. The highest BCUT2D eigenvalue weighted by molar-refractivity contribution is 7.94. The highest BCUT2D eigenvalue weighted by Gasteiger charge is 2.18. The topological polar surface area (TPSA) is 72.2 Å². The summed E-state index contributed by atoms with van der Waals surface area (Å²) in [6.07, 6.45) is 0.